The molecule has 1 fully saturated rings. The third-order valence-electron chi connectivity index (χ3n) is 1.42. The second-order valence-corrected chi connectivity index (χ2v) is 2.47. The molecule has 0 amide bonds. The van der Waals surface area contributed by atoms with Gasteiger partial charge in [0.2, 0.25) is 0 Å². The Hall–Kier alpha value is -1.36. The molecular formula is C7H8O5. The van der Waals surface area contributed by atoms with Crippen molar-refractivity contribution in [3.63, 3.8) is 0 Å². The van der Waals surface area contributed by atoms with E-state index >= 15 is 0 Å². The van der Waals surface area contributed by atoms with Crippen LogP contribution < -0.4 is 0 Å². The summed E-state index contributed by atoms with van der Waals surface area (Å²) in [5, 5.41) is 16.8. The van der Waals surface area contributed by atoms with Gasteiger partial charge in [-0.25, -0.2) is 9.59 Å². The zero-order chi connectivity index (χ0) is 9.14. The molecule has 1 aliphatic rings. The minimum atomic E-state index is -1.24. The van der Waals surface area contributed by atoms with Gasteiger partial charge in [-0.15, -0.1) is 0 Å². The number of hydrogen-bond donors (Lipinski definition) is 2. The van der Waals surface area contributed by atoms with Gasteiger partial charge in [-0.1, -0.05) is 0 Å². The third kappa shape index (κ3) is 2.71. The summed E-state index contributed by atoms with van der Waals surface area (Å²) < 4.78 is 4.77. The van der Waals surface area contributed by atoms with Crippen molar-refractivity contribution in [3.05, 3.63) is 11.6 Å². The first-order valence-electron chi connectivity index (χ1n) is 3.38. The average Bonchev–Trinajstić information content (AvgIpc) is 2.68. The Labute approximate surface area is 68.3 Å². The molecule has 0 aliphatic carbocycles. The molecule has 66 valence electrons. The molecule has 0 aromatic rings. The number of aliphatic carboxylic acids is 2. The number of carbonyl (C=O) groups is 2. The van der Waals surface area contributed by atoms with Crippen LogP contribution in [0.5, 0.6) is 0 Å². The lowest BCUT2D eigenvalue weighted by Crippen LogP contribution is -2.06. The summed E-state index contributed by atoms with van der Waals surface area (Å²) in [5.74, 6) is -2.44. The molecule has 1 unspecified atom stereocenters. The lowest BCUT2D eigenvalue weighted by Gasteiger charge is -1.95. The molecule has 1 aliphatic heterocycles. The molecule has 0 radical (unpaired) electrons. The summed E-state index contributed by atoms with van der Waals surface area (Å²) in [6.07, 6.45) is 0.762. The fourth-order valence-electron chi connectivity index (χ4n) is 0.788. The van der Waals surface area contributed by atoms with E-state index < -0.39 is 11.9 Å². The molecule has 0 bridgehead atoms. The van der Waals surface area contributed by atoms with Crippen LogP contribution in [0.3, 0.4) is 0 Å². The van der Waals surface area contributed by atoms with Gasteiger partial charge in [0.25, 0.3) is 0 Å². The Kier molecular flexibility index (Phi) is 2.44. The van der Waals surface area contributed by atoms with E-state index in [0.717, 1.165) is 0 Å². The van der Waals surface area contributed by atoms with E-state index in [1.165, 1.54) is 0 Å². The molecule has 1 heterocycles. The predicted molar refractivity (Wildman–Crippen MR) is 37.7 cm³/mol. The van der Waals surface area contributed by atoms with E-state index in [9.17, 15) is 9.59 Å². The van der Waals surface area contributed by atoms with Crippen LogP contribution in [0.15, 0.2) is 11.6 Å². The molecule has 5 heteroatoms. The van der Waals surface area contributed by atoms with Crippen molar-refractivity contribution < 1.29 is 24.5 Å². The summed E-state index contributed by atoms with van der Waals surface area (Å²) in [6.45, 7) is 0.518. The largest absolute Gasteiger partial charge is 0.478 e. The molecule has 1 saturated heterocycles. The van der Waals surface area contributed by atoms with E-state index in [1.807, 2.05) is 0 Å². The zero-order valence-corrected chi connectivity index (χ0v) is 6.19. The van der Waals surface area contributed by atoms with Gasteiger partial charge >= 0.3 is 11.9 Å². The molecule has 0 saturated carbocycles. The van der Waals surface area contributed by atoms with Crippen molar-refractivity contribution in [3.8, 4) is 0 Å². The average molecular weight is 172 g/mol. The molecule has 1 rings (SSSR count). The summed E-state index contributed by atoms with van der Waals surface area (Å²) in [7, 11) is 0. The first kappa shape index (κ1) is 8.73. The molecule has 1 atom stereocenters. The maximum absolute atomic E-state index is 10.4. The monoisotopic (exact) mass is 172 g/mol. The smallest absolute Gasteiger partial charge is 0.331 e. The van der Waals surface area contributed by atoms with E-state index in [0.29, 0.717) is 12.7 Å². The number of ether oxygens (including phenoxy) is 1. The Morgan fingerprint density at radius 2 is 2.08 bits per heavy atom. The minimum Gasteiger partial charge on any atom is -0.478 e. The lowest BCUT2D eigenvalue weighted by atomic mass is 10.1. The Balaban J connectivity index is 2.58. The summed E-state index contributed by atoms with van der Waals surface area (Å²) in [6, 6.07) is 0. The maximum Gasteiger partial charge on any atom is 0.331 e. The lowest BCUT2D eigenvalue weighted by molar-refractivity contribution is -0.135. The Morgan fingerprint density at radius 1 is 1.50 bits per heavy atom. The minimum absolute atomic E-state index is 0.105. The van der Waals surface area contributed by atoms with Crippen molar-refractivity contribution in [2.45, 2.75) is 12.5 Å². The van der Waals surface area contributed by atoms with Gasteiger partial charge in [0, 0.05) is 18.1 Å². The first-order valence-corrected chi connectivity index (χ1v) is 3.38. The SMILES string of the molecule is O=C(O)C=C(CC1CO1)C(=O)O. The highest BCUT2D eigenvalue weighted by atomic mass is 16.6. The fourth-order valence-corrected chi connectivity index (χ4v) is 0.788. The van der Waals surface area contributed by atoms with E-state index in [4.69, 9.17) is 14.9 Å². The highest BCUT2D eigenvalue weighted by Gasteiger charge is 2.26. The van der Waals surface area contributed by atoms with Crippen LogP contribution in [-0.4, -0.2) is 34.9 Å². The van der Waals surface area contributed by atoms with Crippen molar-refractivity contribution in [1.82, 2.24) is 0 Å². The normalized spacial score (nSPS) is 22.0. The van der Waals surface area contributed by atoms with Crippen molar-refractivity contribution in [2.24, 2.45) is 0 Å². The van der Waals surface area contributed by atoms with Crippen LogP contribution in [0.2, 0.25) is 0 Å². The second-order valence-electron chi connectivity index (χ2n) is 2.47. The van der Waals surface area contributed by atoms with E-state index in [1.54, 1.807) is 0 Å². The van der Waals surface area contributed by atoms with Gasteiger partial charge in [-0.3, -0.25) is 0 Å². The van der Waals surface area contributed by atoms with Crippen LogP contribution in [0, 0.1) is 0 Å². The van der Waals surface area contributed by atoms with Crippen molar-refractivity contribution >= 4 is 11.9 Å². The van der Waals surface area contributed by atoms with Crippen LogP contribution in [-0.2, 0) is 14.3 Å². The van der Waals surface area contributed by atoms with Gasteiger partial charge in [-0.05, 0) is 0 Å². The number of epoxide rings is 1. The van der Waals surface area contributed by atoms with Crippen LogP contribution in [0.1, 0.15) is 6.42 Å². The number of carboxylic acid groups (broad SMARTS) is 2. The molecule has 12 heavy (non-hydrogen) atoms. The fraction of sp³-hybridized carbons (Fsp3) is 0.429. The highest BCUT2D eigenvalue weighted by molar-refractivity contribution is 5.94. The predicted octanol–water partition coefficient (Wildman–Crippen LogP) is -0.129. The van der Waals surface area contributed by atoms with E-state index in [2.05, 4.69) is 0 Å². The number of hydrogen-bond acceptors (Lipinski definition) is 3. The maximum atomic E-state index is 10.4. The Bertz CT molecular complexity index is 238. The highest BCUT2D eigenvalue weighted by Crippen LogP contribution is 2.18. The first-order chi connectivity index (χ1) is 5.59. The molecular weight excluding hydrogens is 164 g/mol. The van der Waals surface area contributed by atoms with Crippen LogP contribution >= 0.6 is 0 Å². The summed E-state index contributed by atoms with van der Waals surface area (Å²) >= 11 is 0. The number of carboxylic acids is 2. The van der Waals surface area contributed by atoms with Crippen LogP contribution in [0.4, 0.5) is 0 Å². The van der Waals surface area contributed by atoms with E-state index in [-0.39, 0.29) is 18.1 Å². The molecule has 2 N–H and O–H groups in total. The number of rotatable bonds is 4. The van der Waals surface area contributed by atoms with Gasteiger partial charge in [-0.2, -0.15) is 0 Å². The summed E-state index contributed by atoms with van der Waals surface area (Å²) in [5.41, 5.74) is -0.120. The zero-order valence-electron chi connectivity index (χ0n) is 6.19. The molecule has 0 aromatic heterocycles. The van der Waals surface area contributed by atoms with Crippen molar-refractivity contribution in [2.75, 3.05) is 6.61 Å². The topological polar surface area (TPSA) is 87.1 Å². The second kappa shape index (κ2) is 3.36. The van der Waals surface area contributed by atoms with Crippen molar-refractivity contribution in [1.29, 1.82) is 0 Å². The quantitative estimate of drug-likeness (QED) is 0.455. The Morgan fingerprint density at radius 3 is 2.42 bits per heavy atom. The third-order valence-corrected chi connectivity index (χ3v) is 1.42. The van der Waals surface area contributed by atoms with Crippen LogP contribution in [0.25, 0.3) is 0 Å². The summed E-state index contributed by atoms with van der Waals surface area (Å²) in [4.78, 5) is 20.5. The van der Waals surface area contributed by atoms with Gasteiger partial charge in [0.05, 0.1) is 12.7 Å². The molecule has 0 aromatic carbocycles. The van der Waals surface area contributed by atoms with Gasteiger partial charge < -0.3 is 14.9 Å². The molecule has 0 spiro atoms. The van der Waals surface area contributed by atoms with Gasteiger partial charge in [0.1, 0.15) is 0 Å². The standard InChI is InChI=1S/C7H8O5/c8-6(9)2-4(7(10)11)1-5-3-12-5/h2,5H,1,3H2,(H,8,9)(H,10,11). The molecule has 5 nitrogen and oxygen atoms in total. The van der Waals surface area contributed by atoms with Gasteiger partial charge in [0.15, 0.2) is 0 Å².